The largest absolute Gasteiger partial charge is 0.462 e. The van der Waals surface area contributed by atoms with E-state index in [1.165, 1.54) is 12.1 Å². The molecule has 0 unspecified atom stereocenters. The average molecular weight is 270 g/mol. The van der Waals surface area contributed by atoms with Crippen LogP contribution in [0.15, 0.2) is 23.8 Å². The molecule has 0 spiro atoms. The highest BCUT2D eigenvalue weighted by Crippen LogP contribution is 2.23. The third kappa shape index (κ3) is 3.77. The highest BCUT2D eigenvalue weighted by molar-refractivity contribution is 6.35. The Balaban J connectivity index is 3.07. The van der Waals surface area contributed by atoms with Crippen molar-refractivity contribution in [3.63, 3.8) is 0 Å². The van der Waals surface area contributed by atoms with Gasteiger partial charge in [0.05, 0.1) is 6.61 Å². The summed E-state index contributed by atoms with van der Waals surface area (Å²) in [6.45, 7) is 1.88. The second-order valence-electron chi connectivity index (χ2n) is 3.06. The number of nitrogens with zero attached hydrogens (tertiary/aromatic N) is 1. The van der Waals surface area contributed by atoms with Gasteiger partial charge in [0.25, 0.3) is 0 Å². The lowest BCUT2D eigenvalue weighted by molar-refractivity contribution is -0.137. The van der Waals surface area contributed by atoms with Crippen molar-refractivity contribution in [2.24, 2.45) is 0 Å². The Labute approximate surface area is 109 Å². The molecule has 0 radical (unpaired) electrons. The maximum absolute atomic E-state index is 11.4. The second kappa shape index (κ2) is 6.29. The van der Waals surface area contributed by atoms with Gasteiger partial charge in [0, 0.05) is 10.0 Å². The van der Waals surface area contributed by atoms with Crippen LogP contribution in [0.3, 0.4) is 0 Å². The molecule has 0 aliphatic carbocycles. The summed E-state index contributed by atoms with van der Waals surface area (Å²) in [5, 5.41) is 9.70. The summed E-state index contributed by atoms with van der Waals surface area (Å²) in [7, 11) is 0. The van der Waals surface area contributed by atoms with Gasteiger partial charge in [-0.15, -0.1) is 0 Å². The van der Waals surface area contributed by atoms with E-state index in [2.05, 4.69) is 0 Å². The number of hydrogen-bond donors (Lipinski definition) is 0. The molecule has 0 heterocycles. The van der Waals surface area contributed by atoms with Crippen LogP contribution in [0, 0.1) is 11.3 Å². The molecule has 0 atom stereocenters. The molecule has 17 heavy (non-hydrogen) atoms. The minimum Gasteiger partial charge on any atom is -0.462 e. The van der Waals surface area contributed by atoms with E-state index in [4.69, 9.17) is 33.2 Å². The van der Waals surface area contributed by atoms with Crippen molar-refractivity contribution in [2.45, 2.75) is 6.92 Å². The zero-order chi connectivity index (χ0) is 12.8. The molecule has 1 aromatic rings. The monoisotopic (exact) mass is 269 g/mol. The molecule has 88 valence electrons. The van der Waals surface area contributed by atoms with Crippen LogP contribution < -0.4 is 0 Å². The summed E-state index contributed by atoms with van der Waals surface area (Å²) in [5.74, 6) is -0.666. The Morgan fingerprint density at radius 1 is 1.53 bits per heavy atom. The fourth-order valence-electron chi connectivity index (χ4n) is 1.12. The topological polar surface area (TPSA) is 50.1 Å². The van der Waals surface area contributed by atoms with E-state index in [0.29, 0.717) is 15.6 Å². The van der Waals surface area contributed by atoms with E-state index >= 15 is 0 Å². The Kier molecular flexibility index (Phi) is 5.02. The van der Waals surface area contributed by atoms with E-state index in [9.17, 15) is 4.79 Å². The van der Waals surface area contributed by atoms with E-state index in [-0.39, 0.29) is 12.2 Å². The van der Waals surface area contributed by atoms with Gasteiger partial charge in [-0.25, -0.2) is 4.79 Å². The first-order chi connectivity index (χ1) is 8.08. The molecule has 5 heteroatoms. The van der Waals surface area contributed by atoms with Crippen molar-refractivity contribution in [1.29, 1.82) is 5.26 Å². The molecule has 0 saturated carbocycles. The zero-order valence-electron chi connectivity index (χ0n) is 9.04. The molecule has 1 rings (SSSR count). The number of ether oxygens (including phenoxy) is 1. The molecule has 0 amide bonds. The average Bonchev–Trinajstić information content (AvgIpc) is 2.28. The van der Waals surface area contributed by atoms with Crippen LogP contribution in [-0.4, -0.2) is 12.6 Å². The lowest BCUT2D eigenvalue weighted by Gasteiger charge is -2.01. The van der Waals surface area contributed by atoms with Gasteiger partial charge in [0.15, 0.2) is 0 Å². The van der Waals surface area contributed by atoms with E-state index in [0.717, 1.165) is 0 Å². The summed E-state index contributed by atoms with van der Waals surface area (Å²) >= 11 is 11.7. The Morgan fingerprint density at radius 2 is 2.24 bits per heavy atom. The van der Waals surface area contributed by atoms with E-state index in [1.807, 2.05) is 0 Å². The Bertz CT molecular complexity index is 504. The maximum atomic E-state index is 11.4. The van der Waals surface area contributed by atoms with Gasteiger partial charge in [-0.2, -0.15) is 5.26 Å². The molecular weight excluding hydrogens is 261 g/mol. The highest BCUT2D eigenvalue weighted by atomic mass is 35.5. The Morgan fingerprint density at radius 3 is 2.76 bits per heavy atom. The minimum absolute atomic E-state index is 0.101. The summed E-state index contributed by atoms with van der Waals surface area (Å²) < 4.78 is 4.73. The first kappa shape index (κ1) is 13.6. The summed E-state index contributed by atoms with van der Waals surface area (Å²) in [6, 6.07) is 6.56. The van der Waals surface area contributed by atoms with E-state index < -0.39 is 5.97 Å². The Hall–Kier alpha value is -1.50. The van der Waals surface area contributed by atoms with Crippen LogP contribution >= 0.6 is 23.2 Å². The van der Waals surface area contributed by atoms with Crippen molar-refractivity contribution in [3.05, 3.63) is 39.4 Å². The van der Waals surface area contributed by atoms with Gasteiger partial charge < -0.3 is 4.74 Å². The van der Waals surface area contributed by atoms with Crippen LogP contribution in [0.1, 0.15) is 12.5 Å². The van der Waals surface area contributed by atoms with Crippen molar-refractivity contribution >= 4 is 35.2 Å². The van der Waals surface area contributed by atoms with Gasteiger partial charge in [-0.1, -0.05) is 29.3 Å². The smallest absolute Gasteiger partial charge is 0.348 e. The number of carbonyl (C=O) groups is 1. The van der Waals surface area contributed by atoms with Gasteiger partial charge in [-0.3, -0.25) is 0 Å². The number of rotatable bonds is 3. The van der Waals surface area contributed by atoms with Crippen LogP contribution in [0.5, 0.6) is 0 Å². The van der Waals surface area contributed by atoms with Crippen LogP contribution in [0.25, 0.3) is 6.08 Å². The number of hydrogen-bond acceptors (Lipinski definition) is 3. The predicted octanol–water partition coefficient (Wildman–Crippen LogP) is 3.46. The first-order valence-electron chi connectivity index (χ1n) is 4.82. The van der Waals surface area contributed by atoms with Crippen LogP contribution in [-0.2, 0) is 9.53 Å². The molecule has 1 aromatic carbocycles. The van der Waals surface area contributed by atoms with Gasteiger partial charge in [0.2, 0.25) is 0 Å². The van der Waals surface area contributed by atoms with Crippen LogP contribution in [0.4, 0.5) is 0 Å². The molecular formula is C12H9Cl2NO2. The fraction of sp³-hybridized carbons (Fsp3) is 0.167. The van der Waals surface area contributed by atoms with Crippen LogP contribution in [0.2, 0.25) is 10.0 Å². The number of halogens is 2. The van der Waals surface area contributed by atoms with E-state index in [1.54, 1.807) is 25.1 Å². The standard InChI is InChI=1S/C12H9Cl2NO2/c1-2-17-12(16)9(7-15)5-8-3-4-10(13)6-11(8)14/h3-6H,2H2,1H3/b9-5-. The number of carbonyl (C=O) groups excluding carboxylic acids is 1. The van der Waals surface area contributed by atoms with Crippen molar-refractivity contribution in [1.82, 2.24) is 0 Å². The van der Waals surface area contributed by atoms with Crippen molar-refractivity contribution in [3.8, 4) is 6.07 Å². The summed E-state index contributed by atoms with van der Waals surface area (Å²) in [5.41, 5.74) is 0.441. The normalized spacial score (nSPS) is 10.8. The third-order valence-electron chi connectivity index (χ3n) is 1.88. The maximum Gasteiger partial charge on any atom is 0.348 e. The summed E-state index contributed by atoms with van der Waals surface area (Å²) in [6.07, 6.45) is 1.37. The predicted molar refractivity (Wildman–Crippen MR) is 66.7 cm³/mol. The number of benzene rings is 1. The number of nitriles is 1. The lowest BCUT2D eigenvalue weighted by atomic mass is 10.1. The minimum atomic E-state index is -0.666. The molecule has 0 aliphatic heterocycles. The van der Waals surface area contributed by atoms with Crippen molar-refractivity contribution in [2.75, 3.05) is 6.61 Å². The fourth-order valence-corrected chi connectivity index (χ4v) is 1.58. The molecule has 3 nitrogen and oxygen atoms in total. The number of esters is 1. The second-order valence-corrected chi connectivity index (χ2v) is 3.90. The highest BCUT2D eigenvalue weighted by Gasteiger charge is 2.10. The molecule has 0 N–H and O–H groups in total. The van der Waals surface area contributed by atoms with Gasteiger partial charge >= 0.3 is 5.97 Å². The quantitative estimate of drug-likeness (QED) is 0.480. The van der Waals surface area contributed by atoms with Gasteiger partial charge in [0.1, 0.15) is 11.6 Å². The molecule has 0 aromatic heterocycles. The zero-order valence-corrected chi connectivity index (χ0v) is 10.5. The van der Waals surface area contributed by atoms with Crippen molar-refractivity contribution < 1.29 is 9.53 Å². The third-order valence-corrected chi connectivity index (χ3v) is 2.44. The van der Waals surface area contributed by atoms with Gasteiger partial charge in [-0.05, 0) is 30.7 Å². The molecule has 0 aliphatic rings. The molecule has 0 saturated heterocycles. The lowest BCUT2D eigenvalue weighted by Crippen LogP contribution is -2.06. The molecule has 0 fully saturated rings. The first-order valence-corrected chi connectivity index (χ1v) is 5.58. The molecule has 0 bridgehead atoms. The summed E-state index contributed by atoms with van der Waals surface area (Å²) in [4.78, 5) is 11.4. The SMILES string of the molecule is CCOC(=O)/C(C#N)=C\c1ccc(Cl)cc1Cl.